The van der Waals surface area contributed by atoms with Crippen LogP contribution in [0, 0.1) is 5.82 Å². The lowest BCUT2D eigenvalue weighted by Crippen LogP contribution is -2.19. The first-order valence-electron chi connectivity index (χ1n) is 6.34. The summed E-state index contributed by atoms with van der Waals surface area (Å²) < 4.78 is 37.0. The van der Waals surface area contributed by atoms with E-state index in [0.29, 0.717) is 17.8 Å². The van der Waals surface area contributed by atoms with Crippen molar-refractivity contribution in [3.8, 4) is 0 Å². The predicted molar refractivity (Wildman–Crippen MR) is 82.5 cm³/mol. The van der Waals surface area contributed by atoms with Gasteiger partial charge in [0.15, 0.2) is 9.84 Å². The minimum atomic E-state index is -3.40. The lowest BCUT2D eigenvalue weighted by Gasteiger charge is -2.22. The topological polar surface area (TPSA) is 63.4 Å². The fraction of sp³-hybridized carbons (Fsp3) is 0.200. The molecular weight excluding hydrogens is 291 g/mol. The maximum atomic E-state index is 13.7. The number of benzene rings is 2. The van der Waals surface area contributed by atoms with Gasteiger partial charge in [0.2, 0.25) is 0 Å². The quantitative estimate of drug-likeness (QED) is 0.881. The average molecular weight is 308 g/mol. The monoisotopic (exact) mass is 308 g/mol. The van der Waals surface area contributed by atoms with E-state index in [4.69, 9.17) is 5.73 Å². The van der Waals surface area contributed by atoms with Crippen molar-refractivity contribution in [2.24, 2.45) is 0 Å². The molecule has 0 saturated carbocycles. The minimum absolute atomic E-state index is 0.0837. The molecule has 4 nitrogen and oxygen atoms in total. The number of sulfone groups is 1. The van der Waals surface area contributed by atoms with Gasteiger partial charge in [0.25, 0.3) is 0 Å². The smallest absolute Gasteiger partial charge is 0.177 e. The molecule has 2 aromatic rings. The summed E-state index contributed by atoms with van der Waals surface area (Å²) in [5, 5.41) is 0. The van der Waals surface area contributed by atoms with Gasteiger partial charge in [0.1, 0.15) is 5.82 Å². The van der Waals surface area contributed by atoms with Crippen LogP contribution in [0.2, 0.25) is 0 Å². The molecule has 0 heterocycles. The molecular formula is C15H17FN2O2S. The van der Waals surface area contributed by atoms with E-state index in [1.807, 2.05) is 0 Å². The molecule has 0 aliphatic rings. The van der Waals surface area contributed by atoms with E-state index in [1.54, 1.807) is 42.3 Å². The molecule has 0 bridgehead atoms. The van der Waals surface area contributed by atoms with E-state index in [-0.39, 0.29) is 16.4 Å². The number of rotatable bonds is 4. The fourth-order valence-corrected chi connectivity index (χ4v) is 2.99. The molecule has 0 aromatic heterocycles. The molecule has 0 aliphatic heterocycles. The zero-order chi connectivity index (χ0) is 15.6. The SMILES string of the molecule is CN(Cc1ccccc1F)c1cccc(S(C)(=O)=O)c1N. The second-order valence-electron chi connectivity index (χ2n) is 4.91. The largest absolute Gasteiger partial charge is 0.396 e. The van der Waals surface area contributed by atoms with Crippen LogP contribution in [0.4, 0.5) is 15.8 Å². The van der Waals surface area contributed by atoms with Gasteiger partial charge in [-0.25, -0.2) is 12.8 Å². The average Bonchev–Trinajstić information content (AvgIpc) is 2.40. The van der Waals surface area contributed by atoms with Crippen LogP contribution in [-0.4, -0.2) is 21.7 Å². The van der Waals surface area contributed by atoms with Crippen LogP contribution in [0.25, 0.3) is 0 Å². The molecule has 0 radical (unpaired) electrons. The number of hydrogen-bond donors (Lipinski definition) is 1. The van der Waals surface area contributed by atoms with Gasteiger partial charge in [0, 0.05) is 25.4 Å². The van der Waals surface area contributed by atoms with E-state index in [9.17, 15) is 12.8 Å². The zero-order valence-electron chi connectivity index (χ0n) is 11.9. The van der Waals surface area contributed by atoms with Crippen molar-refractivity contribution in [2.75, 3.05) is 23.9 Å². The Morgan fingerprint density at radius 2 is 1.81 bits per heavy atom. The maximum Gasteiger partial charge on any atom is 0.177 e. The lowest BCUT2D eigenvalue weighted by atomic mass is 10.2. The van der Waals surface area contributed by atoms with E-state index >= 15 is 0 Å². The Morgan fingerprint density at radius 1 is 1.14 bits per heavy atom. The first-order chi connectivity index (χ1) is 9.80. The van der Waals surface area contributed by atoms with Gasteiger partial charge in [-0.15, -0.1) is 0 Å². The van der Waals surface area contributed by atoms with Crippen molar-refractivity contribution in [2.45, 2.75) is 11.4 Å². The Hall–Kier alpha value is -2.08. The summed E-state index contributed by atoms with van der Waals surface area (Å²) in [5.74, 6) is -0.304. The van der Waals surface area contributed by atoms with Gasteiger partial charge >= 0.3 is 0 Å². The highest BCUT2D eigenvalue weighted by Crippen LogP contribution is 2.30. The van der Waals surface area contributed by atoms with E-state index in [0.717, 1.165) is 6.26 Å². The third kappa shape index (κ3) is 3.33. The lowest BCUT2D eigenvalue weighted by molar-refractivity contribution is 0.601. The Kier molecular flexibility index (Phi) is 4.18. The minimum Gasteiger partial charge on any atom is -0.396 e. The third-order valence-corrected chi connectivity index (χ3v) is 4.37. The molecule has 0 atom stereocenters. The zero-order valence-corrected chi connectivity index (χ0v) is 12.7. The van der Waals surface area contributed by atoms with Gasteiger partial charge in [0.05, 0.1) is 16.3 Å². The summed E-state index contributed by atoms with van der Waals surface area (Å²) in [5.41, 5.74) is 7.20. The molecule has 0 unspecified atom stereocenters. The Balaban J connectivity index is 2.37. The number of anilines is 2. The van der Waals surface area contributed by atoms with Crippen molar-refractivity contribution in [1.82, 2.24) is 0 Å². The molecule has 2 aromatic carbocycles. The van der Waals surface area contributed by atoms with Crippen molar-refractivity contribution in [3.05, 3.63) is 53.8 Å². The number of nitrogens with zero attached hydrogens (tertiary/aromatic N) is 1. The van der Waals surface area contributed by atoms with Crippen LogP contribution in [0.3, 0.4) is 0 Å². The van der Waals surface area contributed by atoms with E-state index in [1.165, 1.54) is 12.1 Å². The Labute approximate surface area is 123 Å². The molecule has 0 amide bonds. The van der Waals surface area contributed by atoms with Gasteiger partial charge in [-0.2, -0.15) is 0 Å². The highest BCUT2D eigenvalue weighted by molar-refractivity contribution is 7.90. The summed E-state index contributed by atoms with van der Waals surface area (Å²) in [6.45, 7) is 0.296. The Bertz CT molecular complexity index is 760. The second kappa shape index (κ2) is 5.73. The van der Waals surface area contributed by atoms with Crippen LogP contribution in [0.5, 0.6) is 0 Å². The summed E-state index contributed by atoms with van der Waals surface area (Å²) in [6.07, 6.45) is 1.11. The predicted octanol–water partition coefficient (Wildman–Crippen LogP) is 2.45. The second-order valence-corrected chi connectivity index (χ2v) is 6.89. The summed E-state index contributed by atoms with van der Waals surface area (Å²) in [4.78, 5) is 1.81. The summed E-state index contributed by atoms with van der Waals surface area (Å²) >= 11 is 0. The molecule has 0 fully saturated rings. The first-order valence-corrected chi connectivity index (χ1v) is 8.23. The van der Waals surface area contributed by atoms with Crippen LogP contribution in [0.1, 0.15) is 5.56 Å². The van der Waals surface area contributed by atoms with Crippen LogP contribution < -0.4 is 10.6 Å². The number of nitrogen functional groups attached to an aromatic ring is 1. The standard InChI is InChI=1S/C15H17FN2O2S/c1-18(10-11-6-3-4-7-12(11)16)13-8-5-9-14(15(13)17)21(2,19)20/h3-9H,10,17H2,1-2H3. The molecule has 0 spiro atoms. The number of halogens is 1. The van der Waals surface area contributed by atoms with Crippen molar-refractivity contribution < 1.29 is 12.8 Å². The van der Waals surface area contributed by atoms with Gasteiger partial charge in [-0.05, 0) is 18.2 Å². The van der Waals surface area contributed by atoms with Crippen LogP contribution in [-0.2, 0) is 16.4 Å². The van der Waals surface area contributed by atoms with E-state index < -0.39 is 9.84 Å². The third-order valence-electron chi connectivity index (χ3n) is 3.22. The first kappa shape index (κ1) is 15.3. The molecule has 0 saturated heterocycles. The molecule has 2 rings (SSSR count). The molecule has 112 valence electrons. The number of hydrogen-bond acceptors (Lipinski definition) is 4. The summed E-state index contributed by atoms with van der Waals surface area (Å²) in [6, 6.07) is 11.2. The highest BCUT2D eigenvalue weighted by atomic mass is 32.2. The van der Waals surface area contributed by atoms with Crippen molar-refractivity contribution >= 4 is 21.2 Å². The molecule has 2 N–H and O–H groups in total. The Morgan fingerprint density at radius 3 is 2.43 bits per heavy atom. The van der Waals surface area contributed by atoms with Crippen molar-refractivity contribution in [3.63, 3.8) is 0 Å². The summed E-state index contributed by atoms with van der Waals surface area (Å²) in [7, 11) is -1.66. The van der Waals surface area contributed by atoms with E-state index in [2.05, 4.69) is 0 Å². The number of nitrogens with two attached hydrogens (primary N) is 1. The molecule has 0 aliphatic carbocycles. The number of para-hydroxylation sites is 1. The molecule has 6 heteroatoms. The van der Waals surface area contributed by atoms with Gasteiger partial charge < -0.3 is 10.6 Å². The van der Waals surface area contributed by atoms with Crippen LogP contribution >= 0.6 is 0 Å². The van der Waals surface area contributed by atoms with Crippen LogP contribution in [0.15, 0.2) is 47.4 Å². The maximum absolute atomic E-state index is 13.7. The van der Waals surface area contributed by atoms with Gasteiger partial charge in [-0.1, -0.05) is 24.3 Å². The normalized spacial score (nSPS) is 11.4. The van der Waals surface area contributed by atoms with Crippen molar-refractivity contribution in [1.29, 1.82) is 0 Å². The molecule has 21 heavy (non-hydrogen) atoms. The van der Waals surface area contributed by atoms with Gasteiger partial charge in [-0.3, -0.25) is 0 Å². The highest BCUT2D eigenvalue weighted by Gasteiger charge is 2.16. The fourth-order valence-electron chi connectivity index (χ4n) is 2.16.